The van der Waals surface area contributed by atoms with Gasteiger partial charge in [0, 0.05) is 23.7 Å². The summed E-state index contributed by atoms with van der Waals surface area (Å²) in [5.41, 5.74) is 4.27. The highest BCUT2D eigenvalue weighted by atomic mass is 35.5. The molecule has 2 heterocycles. The van der Waals surface area contributed by atoms with E-state index in [-0.39, 0.29) is 6.10 Å². The smallest absolute Gasteiger partial charge is 0.208 e. The maximum absolute atomic E-state index is 6.44. The highest BCUT2D eigenvalue weighted by Gasteiger charge is 2.33. The van der Waals surface area contributed by atoms with E-state index in [0.717, 1.165) is 62.6 Å². The van der Waals surface area contributed by atoms with Gasteiger partial charge in [-0.15, -0.1) is 10.2 Å². The van der Waals surface area contributed by atoms with Gasteiger partial charge in [-0.2, -0.15) is 0 Å². The Morgan fingerprint density at radius 1 is 1.17 bits per heavy atom. The topological polar surface area (TPSA) is 56.7 Å². The molecule has 0 saturated carbocycles. The fourth-order valence-electron chi connectivity index (χ4n) is 4.21. The van der Waals surface area contributed by atoms with Crippen molar-refractivity contribution in [2.24, 2.45) is 0 Å². The molecular weight excluding hydrogens is 482 g/mol. The van der Waals surface area contributed by atoms with E-state index in [1.807, 2.05) is 32.0 Å². The van der Waals surface area contributed by atoms with Crippen LogP contribution in [-0.2, 0) is 16.0 Å². The molecule has 6 nitrogen and oxygen atoms in total. The molecule has 1 fully saturated rings. The van der Waals surface area contributed by atoms with Crippen LogP contribution in [0.15, 0.2) is 36.4 Å². The number of aromatic nitrogens is 2. The van der Waals surface area contributed by atoms with E-state index < -0.39 is 5.79 Å². The van der Waals surface area contributed by atoms with Crippen molar-refractivity contribution in [3.63, 3.8) is 0 Å². The third-order valence-corrected chi connectivity index (χ3v) is 7.38. The zero-order valence-corrected chi connectivity index (χ0v) is 22.7. The lowest BCUT2D eigenvalue weighted by Crippen LogP contribution is -2.25. The summed E-state index contributed by atoms with van der Waals surface area (Å²) in [7, 11) is 0. The Kier molecular flexibility index (Phi) is 8.32. The fourth-order valence-corrected chi connectivity index (χ4v) is 5.26. The molecule has 0 spiro atoms. The number of benzene rings is 2. The molecule has 1 aliphatic rings. The van der Waals surface area contributed by atoms with Crippen molar-refractivity contribution in [2.75, 3.05) is 24.7 Å². The molecule has 0 bridgehead atoms. The highest BCUT2D eigenvalue weighted by Crippen LogP contribution is 2.35. The number of aryl methyl sites for hydroxylation is 2. The zero-order valence-electron chi connectivity index (χ0n) is 21.1. The average molecular weight is 516 g/mol. The maximum atomic E-state index is 6.44. The molecule has 0 aliphatic carbocycles. The van der Waals surface area contributed by atoms with Gasteiger partial charge in [0.2, 0.25) is 5.13 Å². The van der Waals surface area contributed by atoms with Crippen LogP contribution in [0, 0.1) is 13.8 Å². The summed E-state index contributed by atoms with van der Waals surface area (Å²) in [6, 6.07) is 12.2. The molecule has 1 atom stereocenters. The summed E-state index contributed by atoms with van der Waals surface area (Å²) < 4.78 is 17.7. The second-order valence-electron chi connectivity index (χ2n) is 9.46. The Hall–Kier alpha value is -2.19. The van der Waals surface area contributed by atoms with E-state index >= 15 is 0 Å². The van der Waals surface area contributed by atoms with E-state index in [9.17, 15) is 0 Å². The molecule has 188 valence electrons. The molecule has 0 radical (unpaired) electrons. The van der Waals surface area contributed by atoms with Crippen molar-refractivity contribution in [1.29, 1.82) is 0 Å². The first-order valence-corrected chi connectivity index (χ1v) is 13.3. The molecule has 4 rings (SSSR count). The van der Waals surface area contributed by atoms with Crippen LogP contribution >= 0.6 is 22.9 Å². The number of unbranched alkanes of at least 4 members (excludes halogenated alkanes) is 1. The Morgan fingerprint density at radius 2 is 1.91 bits per heavy atom. The van der Waals surface area contributed by atoms with E-state index in [1.54, 1.807) is 11.3 Å². The largest absolute Gasteiger partial charge is 0.490 e. The SMILES string of the molecule is CCCCN(Cc1ccccc1Cl)c1nnc(-c2cc(C)c(OC[C@@H]3COC(C)(C)O3)c(C)c2)s1. The minimum absolute atomic E-state index is 0.0681. The van der Waals surface area contributed by atoms with Crippen LogP contribution in [0.3, 0.4) is 0 Å². The van der Waals surface area contributed by atoms with Crippen LogP contribution in [-0.4, -0.2) is 41.8 Å². The molecular formula is C27H34ClN3O3S. The number of ether oxygens (including phenoxy) is 3. The Morgan fingerprint density at radius 3 is 2.57 bits per heavy atom. The maximum Gasteiger partial charge on any atom is 0.208 e. The van der Waals surface area contributed by atoms with Gasteiger partial charge in [-0.3, -0.25) is 0 Å². The van der Waals surface area contributed by atoms with Crippen LogP contribution in [0.4, 0.5) is 5.13 Å². The number of nitrogens with zero attached hydrogens (tertiary/aromatic N) is 3. The van der Waals surface area contributed by atoms with Crippen molar-refractivity contribution in [3.8, 4) is 16.3 Å². The first-order chi connectivity index (χ1) is 16.8. The molecule has 1 saturated heterocycles. The summed E-state index contributed by atoms with van der Waals surface area (Å²) in [5.74, 6) is 0.337. The molecule has 3 aromatic rings. The van der Waals surface area contributed by atoms with Crippen molar-refractivity contribution in [3.05, 3.63) is 58.1 Å². The Labute approximate surface area is 217 Å². The second kappa shape index (κ2) is 11.2. The first kappa shape index (κ1) is 25.9. The summed E-state index contributed by atoms with van der Waals surface area (Å²) in [4.78, 5) is 2.27. The van der Waals surface area contributed by atoms with Crippen LogP contribution in [0.5, 0.6) is 5.75 Å². The first-order valence-electron chi connectivity index (χ1n) is 12.1. The van der Waals surface area contributed by atoms with Gasteiger partial charge in [0.15, 0.2) is 5.79 Å². The normalized spacial score (nSPS) is 17.0. The van der Waals surface area contributed by atoms with Gasteiger partial charge >= 0.3 is 0 Å². The second-order valence-corrected chi connectivity index (χ2v) is 10.8. The minimum Gasteiger partial charge on any atom is -0.490 e. The van der Waals surface area contributed by atoms with Gasteiger partial charge in [-0.25, -0.2) is 0 Å². The molecule has 0 N–H and O–H groups in total. The number of rotatable bonds is 10. The summed E-state index contributed by atoms with van der Waals surface area (Å²) in [6.07, 6.45) is 2.12. The molecule has 8 heteroatoms. The lowest BCUT2D eigenvalue weighted by Gasteiger charge is -2.21. The third kappa shape index (κ3) is 6.53. The molecule has 35 heavy (non-hydrogen) atoms. The number of anilines is 1. The lowest BCUT2D eigenvalue weighted by atomic mass is 10.1. The predicted molar refractivity (Wildman–Crippen MR) is 143 cm³/mol. The van der Waals surface area contributed by atoms with Crippen molar-refractivity contribution in [2.45, 2.75) is 65.9 Å². The van der Waals surface area contributed by atoms with Gasteiger partial charge in [-0.1, -0.05) is 54.5 Å². The van der Waals surface area contributed by atoms with E-state index in [1.165, 1.54) is 0 Å². The zero-order chi connectivity index (χ0) is 25.0. The molecule has 0 unspecified atom stereocenters. The van der Waals surface area contributed by atoms with Crippen molar-refractivity contribution in [1.82, 2.24) is 10.2 Å². The molecule has 2 aromatic carbocycles. The van der Waals surface area contributed by atoms with Gasteiger partial charge in [0.1, 0.15) is 23.5 Å². The van der Waals surface area contributed by atoms with Crippen LogP contribution in [0.25, 0.3) is 10.6 Å². The molecule has 1 aliphatic heterocycles. The summed E-state index contributed by atoms with van der Waals surface area (Å²) in [6.45, 7) is 12.8. The van der Waals surface area contributed by atoms with E-state index in [2.05, 4.69) is 54.1 Å². The number of hydrogen-bond acceptors (Lipinski definition) is 7. The van der Waals surface area contributed by atoms with Gasteiger partial charge in [-0.05, 0) is 69.0 Å². The van der Waals surface area contributed by atoms with Crippen molar-refractivity contribution >= 4 is 28.1 Å². The lowest BCUT2D eigenvalue weighted by molar-refractivity contribution is -0.141. The number of hydrogen-bond donors (Lipinski definition) is 0. The van der Waals surface area contributed by atoms with E-state index in [4.69, 9.17) is 25.8 Å². The summed E-state index contributed by atoms with van der Waals surface area (Å²) >= 11 is 8.05. The van der Waals surface area contributed by atoms with Gasteiger partial charge < -0.3 is 19.1 Å². The number of halogens is 1. The molecule has 0 amide bonds. The summed E-state index contributed by atoms with van der Waals surface area (Å²) in [5, 5.41) is 11.7. The standard InChI is InChI=1S/C27H34ClN3O3S/c1-6-7-12-31(15-20-10-8-9-11-23(20)28)26-30-29-25(35-26)21-13-18(2)24(19(3)14-21)32-16-22-17-33-27(4,5)34-22/h8-11,13-14,22H,6-7,12,15-17H2,1-5H3/t22-/m1/s1. The van der Waals surface area contributed by atoms with Gasteiger partial charge in [0.25, 0.3) is 0 Å². The minimum atomic E-state index is -0.547. The van der Waals surface area contributed by atoms with Crippen LogP contribution in [0.1, 0.15) is 50.3 Å². The van der Waals surface area contributed by atoms with Crippen LogP contribution < -0.4 is 9.64 Å². The monoisotopic (exact) mass is 515 g/mol. The van der Waals surface area contributed by atoms with Gasteiger partial charge in [0.05, 0.1) is 6.61 Å². The Bertz CT molecular complexity index is 1130. The predicted octanol–water partition coefficient (Wildman–Crippen LogP) is 6.81. The quantitative estimate of drug-likeness (QED) is 0.295. The van der Waals surface area contributed by atoms with E-state index in [0.29, 0.717) is 19.8 Å². The average Bonchev–Trinajstić information content (AvgIpc) is 3.43. The third-order valence-electron chi connectivity index (χ3n) is 5.97. The Balaban J connectivity index is 1.49. The molecule has 1 aromatic heterocycles. The highest BCUT2D eigenvalue weighted by molar-refractivity contribution is 7.18. The van der Waals surface area contributed by atoms with Crippen LogP contribution in [0.2, 0.25) is 5.02 Å². The fraction of sp³-hybridized carbons (Fsp3) is 0.481. The van der Waals surface area contributed by atoms with Crippen molar-refractivity contribution < 1.29 is 14.2 Å².